The molecule has 5 heteroatoms. The topological polar surface area (TPSA) is 49.3 Å². The largest absolute Gasteiger partial charge is 0.481 e. The summed E-state index contributed by atoms with van der Waals surface area (Å²) in [4.78, 5) is 10.5. The van der Waals surface area contributed by atoms with Gasteiger partial charge in [0.15, 0.2) is 0 Å². The van der Waals surface area contributed by atoms with Gasteiger partial charge in [-0.2, -0.15) is 0 Å². The Balaban J connectivity index is 2.54. The summed E-state index contributed by atoms with van der Waals surface area (Å²) in [5, 5.41) is 12.6. The van der Waals surface area contributed by atoms with Gasteiger partial charge in [0.2, 0.25) is 0 Å². The van der Waals surface area contributed by atoms with Gasteiger partial charge in [0.05, 0.1) is 15.7 Å². The molecule has 2 N–H and O–H groups in total. The first-order valence-electron chi connectivity index (χ1n) is 4.90. The molecule has 0 aromatic heterocycles. The van der Waals surface area contributed by atoms with E-state index in [0.717, 1.165) is 5.69 Å². The molecule has 0 spiro atoms. The van der Waals surface area contributed by atoms with Crippen LogP contribution >= 0.6 is 23.2 Å². The number of benzene rings is 1. The fourth-order valence-electron chi connectivity index (χ4n) is 1.29. The summed E-state index contributed by atoms with van der Waals surface area (Å²) in [5.41, 5.74) is 0.728. The fourth-order valence-corrected chi connectivity index (χ4v) is 1.66. The molecule has 0 fully saturated rings. The van der Waals surface area contributed by atoms with Gasteiger partial charge in [0.25, 0.3) is 0 Å². The van der Waals surface area contributed by atoms with Crippen molar-refractivity contribution in [2.45, 2.75) is 13.3 Å². The lowest BCUT2D eigenvalue weighted by Crippen LogP contribution is -2.15. The van der Waals surface area contributed by atoms with E-state index in [1.807, 2.05) is 13.0 Å². The van der Waals surface area contributed by atoms with E-state index >= 15 is 0 Å². The normalized spacial score (nSPS) is 12.2. The molecule has 16 heavy (non-hydrogen) atoms. The standard InChI is InChI=1S/C11H13Cl2NO2/c1-7(5-10(15)16)6-14-9-4-2-3-8(12)11(9)13/h2-4,7,14H,5-6H2,1H3,(H,15,16). The van der Waals surface area contributed by atoms with Crippen LogP contribution in [-0.4, -0.2) is 17.6 Å². The van der Waals surface area contributed by atoms with Gasteiger partial charge in [-0.25, -0.2) is 0 Å². The number of carboxylic acid groups (broad SMARTS) is 1. The molecule has 0 amide bonds. The van der Waals surface area contributed by atoms with Crippen LogP contribution in [0.4, 0.5) is 5.69 Å². The monoisotopic (exact) mass is 261 g/mol. The van der Waals surface area contributed by atoms with Crippen molar-refractivity contribution in [1.29, 1.82) is 0 Å². The van der Waals surface area contributed by atoms with Gasteiger partial charge in [-0.05, 0) is 18.1 Å². The Morgan fingerprint density at radius 1 is 1.50 bits per heavy atom. The SMILES string of the molecule is CC(CNc1cccc(Cl)c1Cl)CC(=O)O. The van der Waals surface area contributed by atoms with Crippen LogP contribution in [0.5, 0.6) is 0 Å². The number of aliphatic carboxylic acids is 1. The van der Waals surface area contributed by atoms with Gasteiger partial charge in [-0.3, -0.25) is 4.79 Å². The lowest BCUT2D eigenvalue weighted by molar-refractivity contribution is -0.137. The lowest BCUT2D eigenvalue weighted by atomic mass is 10.1. The van der Waals surface area contributed by atoms with E-state index in [2.05, 4.69) is 5.32 Å². The third-order valence-corrected chi connectivity index (χ3v) is 2.93. The first kappa shape index (κ1) is 13.1. The average Bonchev–Trinajstić information content (AvgIpc) is 2.19. The van der Waals surface area contributed by atoms with Crippen LogP contribution in [0.15, 0.2) is 18.2 Å². The zero-order valence-corrected chi connectivity index (χ0v) is 10.3. The fraction of sp³-hybridized carbons (Fsp3) is 0.364. The van der Waals surface area contributed by atoms with Crippen molar-refractivity contribution in [3.05, 3.63) is 28.2 Å². The molecule has 88 valence electrons. The second-order valence-corrected chi connectivity index (χ2v) is 4.47. The van der Waals surface area contributed by atoms with Crippen molar-refractivity contribution in [2.24, 2.45) is 5.92 Å². The van der Waals surface area contributed by atoms with Crippen molar-refractivity contribution in [1.82, 2.24) is 0 Å². The molecule has 0 heterocycles. The number of carboxylic acids is 1. The van der Waals surface area contributed by atoms with Crippen LogP contribution in [0.25, 0.3) is 0 Å². The Labute approximate surface area is 104 Å². The first-order chi connectivity index (χ1) is 7.50. The Hall–Kier alpha value is -0.930. The van der Waals surface area contributed by atoms with Crippen LogP contribution in [0, 0.1) is 5.92 Å². The minimum absolute atomic E-state index is 0.0348. The Morgan fingerprint density at radius 3 is 2.81 bits per heavy atom. The van der Waals surface area contributed by atoms with Gasteiger partial charge in [0.1, 0.15) is 0 Å². The van der Waals surface area contributed by atoms with Crippen LogP contribution in [0.3, 0.4) is 0 Å². The molecule has 1 rings (SSSR count). The predicted molar refractivity (Wildman–Crippen MR) is 66.4 cm³/mol. The molecule has 1 aromatic carbocycles. The van der Waals surface area contributed by atoms with Crippen LogP contribution in [-0.2, 0) is 4.79 Å². The van der Waals surface area contributed by atoms with E-state index in [1.54, 1.807) is 12.1 Å². The molecule has 0 aliphatic heterocycles. The van der Waals surface area contributed by atoms with Gasteiger partial charge in [0, 0.05) is 13.0 Å². The van der Waals surface area contributed by atoms with Gasteiger partial charge in [-0.1, -0.05) is 36.2 Å². The summed E-state index contributed by atoms with van der Waals surface area (Å²) < 4.78 is 0. The van der Waals surface area contributed by atoms with Gasteiger partial charge >= 0.3 is 5.97 Å². The van der Waals surface area contributed by atoms with Crippen molar-refractivity contribution in [2.75, 3.05) is 11.9 Å². The van der Waals surface area contributed by atoms with Crippen LogP contribution < -0.4 is 5.32 Å². The molecule has 3 nitrogen and oxygen atoms in total. The first-order valence-corrected chi connectivity index (χ1v) is 5.66. The zero-order chi connectivity index (χ0) is 12.1. The van der Waals surface area contributed by atoms with E-state index in [0.29, 0.717) is 16.6 Å². The number of halogens is 2. The highest BCUT2D eigenvalue weighted by Crippen LogP contribution is 2.29. The molecule has 0 saturated heterocycles. The minimum atomic E-state index is -0.800. The summed E-state index contributed by atoms with van der Waals surface area (Å²) in [7, 11) is 0. The van der Waals surface area contributed by atoms with Crippen molar-refractivity contribution < 1.29 is 9.90 Å². The predicted octanol–water partition coefficient (Wildman–Crippen LogP) is 3.52. The smallest absolute Gasteiger partial charge is 0.303 e. The number of hydrogen-bond acceptors (Lipinski definition) is 2. The quantitative estimate of drug-likeness (QED) is 0.853. The molecule has 0 saturated carbocycles. The Morgan fingerprint density at radius 2 is 2.19 bits per heavy atom. The summed E-state index contributed by atoms with van der Waals surface area (Å²) in [6.07, 6.45) is 0.130. The minimum Gasteiger partial charge on any atom is -0.481 e. The maximum absolute atomic E-state index is 10.5. The van der Waals surface area contributed by atoms with E-state index in [9.17, 15) is 4.79 Å². The third kappa shape index (κ3) is 3.91. The van der Waals surface area contributed by atoms with E-state index in [-0.39, 0.29) is 12.3 Å². The highest BCUT2D eigenvalue weighted by atomic mass is 35.5. The van der Waals surface area contributed by atoms with Crippen LogP contribution in [0.1, 0.15) is 13.3 Å². The molecule has 0 bridgehead atoms. The summed E-state index contributed by atoms with van der Waals surface area (Å²) in [6, 6.07) is 5.30. The molecule has 0 aliphatic carbocycles. The van der Waals surface area contributed by atoms with Gasteiger partial charge in [-0.15, -0.1) is 0 Å². The number of rotatable bonds is 5. The van der Waals surface area contributed by atoms with E-state index in [4.69, 9.17) is 28.3 Å². The summed E-state index contributed by atoms with van der Waals surface area (Å²) >= 11 is 11.8. The van der Waals surface area contributed by atoms with Crippen LogP contribution in [0.2, 0.25) is 10.0 Å². The molecule has 0 radical (unpaired) electrons. The van der Waals surface area contributed by atoms with E-state index < -0.39 is 5.97 Å². The number of hydrogen-bond donors (Lipinski definition) is 2. The highest BCUT2D eigenvalue weighted by Gasteiger charge is 2.09. The zero-order valence-electron chi connectivity index (χ0n) is 8.84. The maximum Gasteiger partial charge on any atom is 0.303 e. The van der Waals surface area contributed by atoms with Crippen molar-refractivity contribution >= 4 is 34.9 Å². The number of nitrogens with one attached hydrogen (secondary N) is 1. The molecule has 1 unspecified atom stereocenters. The summed E-state index contributed by atoms with van der Waals surface area (Å²) in [6.45, 7) is 2.41. The lowest BCUT2D eigenvalue weighted by Gasteiger charge is -2.13. The molecule has 1 aromatic rings. The van der Waals surface area contributed by atoms with E-state index in [1.165, 1.54) is 0 Å². The molecular formula is C11H13Cl2NO2. The van der Waals surface area contributed by atoms with Crippen molar-refractivity contribution in [3.8, 4) is 0 Å². The second kappa shape index (κ2) is 5.97. The third-order valence-electron chi connectivity index (χ3n) is 2.12. The number of carbonyl (C=O) groups is 1. The van der Waals surface area contributed by atoms with Gasteiger partial charge < -0.3 is 10.4 Å². The summed E-state index contributed by atoms with van der Waals surface area (Å²) in [5.74, 6) is -0.765. The van der Waals surface area contributed by atoms with Crippen molar-refractivity contribution in [3.63, 3.8) is 0 Å². The number of anilines is 1. The second-order valence-electron chi connectivity index (χ2n) is 3.69. The maximum atomic E-state index is 10.5. The molecular weight excluding hydrogens is 249 g/mol. The highest BCUT2D eigenvalue weighted by molar-refractivity contribution is 6.43. The average molecular weight is 262 g/mol. The Bertz CT molecular complexity index is 382. The molecule has 1 atom stereocenters. The molecule has 0 aliphatic rings. The Kier molecular flexibility index (Phi) is 4.90.